The molecule has 0 fully saturated rings. The molecule has 0 bridgehead atoms. The van der Waals surface area contributed by atoms with Crippen LogP contribution in [0.1, 0.15) is 64.4 Å². The fourth-order valence-electron chi connectivity index (χ4n) is 3.91. The highest BCUT2D eigenvalue weighted by Crippen LogP contribution is 2.12. The molecule has 0 aliphatic rings. The highest BCUT2D eigenvalue weighted by Gasteiger charge is 2.07. The second-order valence-corrected chi connectivity index (χ2v) is 11.0. The van der Waals surface area contributed by atoms with Crippen LogP contribution in [-0.4, -0.2) is 42.0 Å². The molecule has 3 amide bonds. The summed E-state index contributed by atoms with van der Waals surface area (Å²) in [5.74, 6) is -0.0305. The summed E-state index contributed by atoms with van der Waals surface area (Å²) < 4.78 is 0. The zero-order valence-corrected chi connectivity index (χ0v) is 28.8. The zero-order chi connectivity index (χ0) is 36.7. The van der Waals surface area contributed by atoms with Gasteiger partial charge in [0.05, 0.1) is 17.2 Å². The van der Waals surface area contributed by atoms with E-state index in [1.165, 1.54) is 0 Å². The van der Waals surface area contributed by atoms with E-state index in [1.54, 1.807) is 36.4 Å². The molecule has 0 atom stereocenters. The largest absolute Gasteiger partial charge is 0.387 e. The summed E-state index contributed by atoms with van der Waals surface area (Å²) in [6.07, 6.45) is 2.76. The van der Waals surface area contributed by atoms with Crippen LogP contribution in [0.3, 0.4) is 0 Å². The number of amidine groups is 1. The Labute approximate surface area is 293 Å². The van der Waals surface area contributed by atoms with E-state index in [4.69, 9.17) is 22.9 Å². The molecule has 50 heavy (non-hydrogen) atoms. The monoisotopic (exact) mass is 677 g/mol. The number of nitrogens with two attached hydrogens (primary N) is 4. The number of guanidine groups is 2. The third-order valence-corrected chi connectivity index (χ3v) is 6.52. The Balaban J connectivity index is 0.000000269. The molecule has 0 unspecified atom stereocenters. The quantitative estimate of drug-likeness (QED) is 0.0984. The van der Waals surface area contributed by atoms with E-state index < -0.39 is 0 Å². The predicted molar refractivity (Wildman–Crippen MR) is 203 cm³/mol. The molecule has 10 N–H and O–H groups in total. The smallest absolute Gasteiger partial charge is 0.257 e. The third-order valence-electron chi connectivity index (χ3n) is 6.52. The maximum Gasteiger partial charge on any atom is 0.257 e. The van der Waals surface area contributed by atoms with Gasteiger partial charge in [0, 0.05) is 30.5 Å². The number of benzene rings is 4. The number of primary amides is 1. The highest BCUT2D eigenvalue weighted by atomic mass is 16.2. The van der Waals surface area contributed by atoms with E-state index in [0.29, 0.717) is 47.6 Å². The molecule has 0 saturated heterocycles. The van der Waals surface area contributed by atoms with E-state index in [0.717, 1.165) is 24.1 Å². The first-order valence-electron chi connectivity index (χ1n) is 16.1. The maximum atomic E-state index is 11.9. The van der Waals surface area contributed by atoms with Gasteiger partial charge in [-0.1, -0.05) is 78.7 Å². The van der Waals surface area contributed by atoms with Crippen molar-refractivity contribution in [3.8, 4) is 0 Å². The van der Waals surface area contributed by atoms with Gasteiger partial charge in [-0.05, 0) is 75.2 Å². The lowest BCUT2D eigenvalue weighted by atomic mass is 10.1. The first kappa shape index (κ1) is 39.9. The summed E-state index contributed by atoms with van der Waals surface area (Å²) >= 11 is 0. The number of carbonyl (C=O) groups is 3. The Morgan fingerprint density at radius 1 is 0.580 bits per heavy atom. The van der Waals surface area contributed by atoms with Crippen molar-refractivity contribution in [2.24, 2.45) is 37.9 Å². The molecule has 0 radical (unpaired) electrons. The van der Waals surface area contributed by atoms with Crippen molar-refractivity contribution in [3.63, 3.8) is 0 Å². The van der Waals surface area contributed by atoms with Crippen molar-refractivity contribution in [2.45, 2.75) is 46.5 Å². The number of amides is 3. The van der Waals surface area contributed by atoms with E-state index >= 15 is 0 Å². The average Bonchev–Trinajstić information content (AvgIpc) is 3.10. The molecule has 12 heteroatoms. The first-order valence-corrected chi connectivity index (χ1v) is 16.1. The number of nitrogens with one attached hydrogen (secondary N) is 2. The molecular formula is C38H47N9O3. The van der Waals surface area contributed by atoms with Crippen molar-refractivity contribution >= 4 is 46.9 Å². The summed E-state index contributed by atoms with van der Waals surface area (Å²) in [4.78, 5) is 46.4. The zero-order valence-electron chi connectivity index (χ0n) is 28.8. The second-order valence-electron chi connectivity index (χ2n) is 11.0. The van der Waals surface area contributed by atoms with Gasteiger partial charge in [-0.3, -0.25) is 30.0 Å². The third kappa shape index (κ3) is 17.0. The second kappa shape index (κ2) is 22.3. The van der Waals surface area contributed by atoms with Gasteiger partial charge in [0.15, 0.2) is 0 Å². The molecule has 4 aromatic rings. The summed E-state index contributed by atoms with van der Waals surface area (Å²) in [6.45, 7) is 6.77. The van der Waals surface area contributed by atoms with Crippen LogP contribution in [0.2, 0.25) is 0 Å². The number of hydrogen-bond acceptors (Lipinski definition) is 6. The molecule has 262 valence electrons. The fourth-order valence-corrected chi connectivity index (χ4v) is 3.91. The molecule has 4 aromatic carbocycles. The van der Waals surface area contributed by atoms with Gasteiger partial charge in [-0.2, -0.15) is 0 Å². The number of aliphatic imine (C=N–C) groups is 3. The molecule has 0 aliphatic carbocycles. The van der Waals surface area contributed by atoms with E-state index in [1.807, 2.05) is 93.6 Å². The van der Waals surface area contributed by atoms with Crippen molar-refractivity contribution < 1.29 is 14.4 Å². The minimum atomic E-state index is -0.279. The van der Waals surface area contributed by atoms with Gasteiger partial charge < -0.3 is 22.9 Å². The summed E-state index contributed by atoms with van der Waals surface area (Å²) in [7, 11) is 0. The van der Waals surface area contributed by atoms with Crippen LogP contribution in [0.4, 0.5) is 11.4 Å². The van der Waals surface area contributed by atoms with E-state index in [9.17, 15) is 14.4 Å². The predicted octanol–water partition coefficient (Wildman–Crippen LogP) is 5.15. The summed E-state index contributed by atoms with van der Waals surface area (Å²) in [5.41, 5.74) is 26.6. The van der Waals surface area contributed by atoms with Crippen LogP contribution in [0.15, 0.2) is 124 Å². The van der Waals surface area contributed by atoms with Gasteiger partial charge in [-0.15, -0.1) is 0 Å². The van der Waals surface area contributed by atoms with Crippen molar-refractivity contribution in [1.29, 1.82) is 0 Å². The van der Waals surface area contributed by atoms with Gasteiger partial charge in [0.1, 0.15) is 0 Å². The van der Waals surface area contributed by atoms with Crippen LogP contribution in [-0.2, 0) is 4.79 Å². The fraction of sp³-hybridized carbons (Fsp3) is 0.211. The van der Waals surface area contributed by atoms with Gasteiger partial charge in [0.25, 0.3) is 11.8 Å². The van der Waals surface area contributed by atoms with Crippen LogP contribution >= 0.6 is 0 Å². The van der Waals surface area contributed by atoms with Crippen LogP contribution < -0.4 is 33.6 Å². The molecule has 0 heterocycles. The minimum Gasteiger partial charge on any atom is -0.387 e. The van der Waals surface area contributed by atoms with Gasteiger partial charge in [0.2, 0.25) is 17.8 Å². The lowest BCUT2D eigenvalue weighted by Gasteiger charge is -2.05. The molecule has 0 aromatic heterocycles. The molecule has 4 rings (SSSR count). The Morgan fingerprint density at radius 2 is 1.02 bits per heavy atom. The molecular weight excluding hydrogens is 630 g/mol. The lowest BCUT2D eigenvalue weighted by molar-refractivity contribution is -0.118. The van der Waals surface area contributed by atoms with Crippen molar-refractivity contribution in [3.05, 3.63) is 131 Å². The van der Waals surface area contributed by atoms with Crippen LogP contribution in [0.5, 0.6) is 0 Å². The van der Waals surface area contributed by atoms with Gasteiger partial charge in [-0.25, -0.2) is 9.98 Å². The number of para-hydroxylation sites is 1. The molecule has 0 spiro atoms. The lowest BCUT2D eigenvalue weighted by Crippen LogP contribution is -2.36. The Kier molecular flexibility index (Phi) is 17.8. The first-order chi connectivity index (χ1) is 24.0. The molecule has 0 saturated carbocycles. The van der Waals surface area contributed by atoms with E-state index in [-0.39, 0.29) is 29.6 Å². The Bertz CT molecular complexity index is 1720. The molecule has 12 nitrogen and oxygen atoms in total. The summed E-state index contributed by atoms with van der Waals surface area (Å²) in [5, 5.41) is 5.10. The van der Waals surface area contributed by atoms with E-state index in [2.05, 4.69) is 25.6 Å². The minimum absolute atomic E-state index is 0.0788. The van der Waals surface area contributed by atoms with Gasteiger partial charge >= 0.3 is 0 Å². The number of aryl methyl sites for hydroxylation is 2. The van der Waals surface area contributed by atoms with Crippen LogP contribution in [0, 0.1) is 13.8 Å². The maximum absolute atomic E-state index is 11.9. The van der Waals surface area contributed by atoms with Crippen molar-refractivity contribution in [2.75, 3.05) is 6.54 Å². The number of hydrogen-bond donors (Lipinski definition) is 6. The average molecular weight is 678 g/mol. The van der Waals surface area contributed by atoms with Crippen molar-refractivity contribution in [1.82, 2.24) is 10.6 Å². The number of nitrogens with zero attached hydrogens (tertiary/aromatic N) is 3. The number of rotatable bonds is 10. The Hall–Kier alpha value is -6.30. The normalized spacial score (nSPS) is 11.2. The topological polar surface area (TPSA) is 216 Å². The standard InChI is InChI=1S/C16H17N3O.C14H13N3O.C8H17N3O/c1-11-3-7-13(8-4-11)15(20)19-16(17)18-14-9-5-12(2)6-10-14;15-14(16-12-9-5-2-6-10-12)17-13(18)11-7-3-1-4-8-11;1-2-6-11-7(9)4-3-5-8(10)12/h3-10H,1-2H3,(H3,17,18,19,20);1-10H,(H3,15,16,17,18);2-6H2,1H3,(H2,9,11)(H2,10,12). The Morgan fingerprint density at radius 3 is 1.50 bits per heavy atom. The van der Waals surface area contributed by atoms with Crippen LogP contribution in [0.25, 0.3) is 0 Å². The number of carbonyl (C=O) groups excluding carboxylic acids is 3. The molecule has 0 aliphatic heterocycles. The summed E-state index contributed by atoms with van der Waals surface area (Å²) in [6, 6.07) is 32.9. The highest BCUT2D eigenvalue weighted by molar-refractivity contribution is 6.06. The SMILES string of the molecule is CCCN=C(N)CCCC(N)=O.Cc1ccc(N=C(N)NC(=O)c2ccc(C)cc2)cc1.NC(=Nc1ccccc1)NC(=O)c1ccccc1.